The van der Waals surface area contributed by atoms with Gasteiger partial charge in [0, 0.05) is 6.42 Å². The summed E-state index contributed by atoms with van der Waals surface area (Å²) in [6.45, 7) is 0. The van der Waals surface area contributed by atoms with Crippen LogP contribution in [-0.2, 0) is 16.3 Å². The van der Waals surface area contributed by atoms with Crippen molar-refractivity contribution in [2.24, 2.45) is 0 Å². The highest BCUT2D eigenvalue weighted by atomic mass is 32.2. The van der Waals surface area contributed by atoms with Gasteiger partial charge in [-0.2, -0.15) is 0 Å². The van der Waals surface area contributed by atoms with Crippen LogP contribution in [0.25, 0.3) is 0 Å². The monoisotopic (exact) mass is 255 g/mol. The van der Waals surface area contributed by atoms with Crippen molar-refractivity contribution in [2.75, 3.05) is 14.1 Å². The highest BCUT2D eigenvalue weighted by molar-refractivity contribution is 7.92. The van der Waals surface area contributed by atoms with E-state index in [2.05, 4.69) is 0 Å². The molecule has 0 fully saturated rings. The number of benzene rings is 1. The number of aliphatic hydroxyl groups excluding tert-OH is 1. The molecule has 2 unspecified atom stereocenters. The van der Waals surface area contributed by atoms with E-state index in [1.807, 2.05) is 0 Å². The van der Waals surface area contributed by atoms with E-state index in [1.54, 1.807) is 43.3 Å². The molecule has 17 heavy (non-hydrogen) atoms. The second-order valence-corrected chi connectivity index (χ2v) is 6.74. The summed E-state index contributed by atoms with van der Waals surface area (Å²) < 4.78 is 24.9. The van der Waals surface area contributed by atoms with Crippen LogP contribution in [0.1, 0.15) is 12.0 Å². The van der Waals surface area contributed by atoms with Crippen molar-refractivity contribution < 1.29 is 13.5 Å². The van der Waals surface area contributed by atoms with E-state index >= 15 is 0 Å². The Kier molecular flexibility index (Phi) is 3.25. The van der Waals surface area contributed by atoms with Crippen LogP contribution in [-0.4, -0.2) is 44.0 Å². The molecule has 0 bridgehead atoms. The van der Waals surface area contributed by atoms with Gasteiger partial charge in [-0.25, -0.2) is 8.42 Å². The molecule has 1 N–H and O–H groups in total. The molecule has 94 valence electrons. The zero-order chi connectivity index (χ0) is 12.6. The summed E-state index contributed by atoms with van der Waals surface area (Å²) >= 11 is 0. The number of hydrogen-bond donors (Lipinski definition) is 1. The standard InChI is InChI=1S/C12H17NO3S/c1-13(2)12-8-10(14)7-9-5-3-4-6-11(9)17(12,15)16/h3-6,10,12,14H,7-8H2,1-2H3. The van der Waals surface area contributed by atoms with Gasteiger partial charge in [-0.1, -0.05) is 18.2 Å². The lowest BCUT2D eigenvalue weighted by molar-refractivity contribution is 0.145. The maximum absolute atomic E-state index is 12.5. The molecule has 0 aliphatic carbocycles. The van der Waals surface area contributed by atoms with Crippen LogP contribution in [0.5, 0.6) is 0 Å². The van der Waals surface area contributed by atoms with E-state index in [1.165, 1.54) is 0 Å². The molecule has 0 radical (unpaired) electrons. The van der Waals surface area contributed by atoms with E-state index in [4.69, 9.17) is 0 Å². The Morgan fingerprint density at radius 3 is 2.59 bits per heavy atom. The van der Waals surface area contributed by atoms with Crippen LogP contribution < -0.4 is 0 Å². The van der Waals surface area contributed by atoms with Crippen molar-refractivity contribution in [3.05, 3.63) is 29.8 Å². The van der Waals surface area contributed by atoms with E-state index in [9.17, 15) is 13.5 Å². The second kappa shape index (κ2) is 4.40. The number of nitrogens with zero attached hydrogens (tertiary/aromatic N) is 1. The Balaban J connectivity index is 2.60. The molecule has 0 amide bonds. The van der Waals surface area contributed by atoms with Gasteiger partial charge in [0.2, 0.25) is 0 Å². The molecule has 0 saturated heterocycles. The minimum Gasteiger partial charge on any atom is -0.393 e. The summed E-state index contributed by atoms with van der Waals surface area (Å²) in [6.07, 6.45) is 0.0462. The van der Waals surface area contributed by atoms with Crippen molar-refractivity contribution in [3.8, 4) is 0 Å². The fourth-order valence-corrected chi connectivity index (χ4v) is 4.39. The van der Waals surface area contributed by atoms with Gasteiger partial charge in [-0.3, -0.25) is 4.90 Å². The molecule has 5 heteroatoms. The van der Waals surface area contributed by atoms with Crippen LogP contribution in [0, 0.1) is 0 Å². The van der Waals surface area contributed by atoms with Crippen molar-refractivity contribution in [2.45, 2.75) is 29.2 Å². The van der Waals surface area contributed by atoms with Crippen LogP contribution in [0.2, 0.25) is 0 Å². The lowest BCUT2D eigenvalue weighted by atomic mass is 10.1. The predicted molar refractivity (Wildman–Crippen MR) is 65.4 cm³/mol. The number of aliphatic hydroxyl groups is 1. The van der Waals surface area contributed by atoms with Crippen molar-refractivity contribution in [1.82, 2.24) is 4.90 Å². The molecule has 2 rings (SSSR count). The zero-order valence-corrected chi connectivity index (χ0v) is 10.8. The lowest BCUT2D eigenvalue weighted by Crippen LogP contribution is -2.37. The van der Waals surface area contributed by atoms with Crippen LogP contribution >= 0.6 is 0 Å². The van der Waals surface area contributed by atoms with Gasteiger partial charge in [-0.15, -0.1) is 0 Å². The molecule has 2 atom stereocenters. The smallest absolute Gasteiger partial charge is 0.194 e. The van der Waals surface area contributed by atoms with Gasteiger partial charge in [0.1, 0.15) is 5.37 Å². The molecule has 0 saturated carbocycles. The molecule has 4 nitrogen and oxygen atoms in total. The summed E-state index contributed by atoms with van der Waals surface area (Å²) in [7, 11) is 0.0646. The molecule has 1 aliphatic heterocycles. The Morgan fingerprint density at radius 1 is 1.29 bits per heavy atom. The topological polar surface area (TPSA) is 57.6 Å². The molecular weight excluding hydrogens is 238 g/mol. The first-order chi connectivity index (χ1) is 7.93. The van der Waals surface area contributed by atoms with Gasteiger partial charge in [0.05, 0.1) is 11.0 Å². The SMILES string of the molecule is CN(C)C1CC(O)Cc2ccccc2S1(=O)=O. The first kappa shape index (κ1) is 12.5. The summed E-state index contributed by atoms with van der Waals surface area (Å²) in [4.78, 5) is 2.01. The lowest BCUT2D eigenvalue weighted by Gasteiger charge is -2.23. The van der Waals surface area contributed by atoms with Crippen molar-refractivity contribution >= 4 is 9.84 Å². The summed E-state index contributed by atoms with van der Waals surface area (Å²) in [6, 6.07) is 6.92. The molecular formula is C12H17NO3S. The van der Waals surface area contributed by atoms with Gasteiger partial charge >= 0.3 is 0 Å². The summed E-state index contributed by atoms with van der Waals surface area (Å²) in [5.74, 6) is 0. The third-order valence-electron chi connectivity index (χ3n) is 3.14. The van der Waals surface area contributed by atoms with E-state index in [-0.39, 0.29) is 6.42 Å². The Hall–Kier alpha value is -0.910. The van der Waals surface area contributed by atoms with Crippen molar-refractivity contribution in [1.29, 1.82) is 0 Å². The number of hydrogen-bond acceptors (Lipinski definition) is 4. The predicted octanol–water partition coefficient (Wildman–Crippen LogP) is 0.655. The third kappa shape index (κ3) is 2.22. The van der Waals surface area contributed by atoms with Gasteiger partial charge in [-0.05, 0) is 32.1 Å². The largest absolute Gasteiger partial charge is 0.393 e. The third-order valence-corrected chi connectivity index (χ3v) is 5.48. The minimum atomic E-state index is -3.39. The number of rotatable bonds is 1. The number of fused-ring (bicyclic) bond motifs is 1. The van der Waals surface area contributed by atoms with Gasteiger partial charge in [0.25, 0.3) is 0 Å². The van der Waals surface area contributed by atoms with E-state index < -0.39 is 21.3 Å². The van der Waals surface area contributed by atoms with E-state index in [0.717, 1.165) is 0 Å². The fraction of sp³-hybridized carbons (Fsp3) is 0.500. The highest BCUT2D eigenvalue weighted by Crippen LogP contribution is 2.29. The molecule has 1 heterocycles. The number of sulfone groups is 1. The minimum absolute atomic E-state index is 0.254. The Morgan fingerprint density at radius 2 is 1.94 bits per heavy atom. The first-order valence-electron chi connectivity index (χ1n) is 5.59. The molecule has 1 aromatic rings. The van der Waals surface area contributed by atoms with Crippen LogP contribution in [0.4, 0.5) is 0 Å². The Bertz CT molecular complexity index is 510. The Labute approximate surface area is 102 Å². The van der Waals surface area contributed by atoms with Crippen LogP contribution in [0.15, 0.2) is 29.2 Å². The van der Waals surface area contributed by atoms with Crippen LogP contribution in [0.3, 0.4) is 0 Å². The molecule has 1 aromatic carbocycles. The average molecular weight is 255 g/mol. The van der Waals surface area contributed by atoms with Gasteiger partial charge < -0.3 is 5.11 Å². The molecule has 1 aliphatic rings. The fourth-order valence-electron chi connectivity index (χ4n) is 2.28. The second-order valence-electron chi connectivity index (χ2n) is 4.66. The van der Waals surface area contributed by atoms with E-state index in [0.29, 0.717) is 16.9 Å². The average Bonchev–Trinajstić information content (AvgIpc) is 2.34. The first-order valence-corrected chi connectivity index (χ1v) is 7.14. The zero-order valence-electron chi connectivity index (χ0n) is 10.00. The molecule has 0 spiro atoms. The quantitative estimate of drug-likeness (QED) is 0.800. The highest BCUT2D eigenvalue weighted by Gasteiger charge is 2.36. The van der Waals surface area contributed by atoms with Crippen molar-refractivity contribution in [3.63, 3.8) is 0 Å². The summed E-state index contributed by atoms with van der Waals surface area (Å²) in [5.41, 5.74) is 0.712. The normalized spacial score (nSPS) is 27.5. The van der Waals surface area contributed by atoms with Gasteiger partial charge in [0.15, 0.2) is 9.84 Å². The molecule has 0 aromatic heterocycles. The summed E-state index contributed by atoms with van der Waals surface area (Å²) in [5, 5.41) is 9.24. The maximum Gasteiger partial charge on any atom is 0.194 e. The maximum atomic E-state index is 12.5.